The standard InChI is InChI=1S/C12H22O4/c1-10(5-6-12(2,3)9-14)11(15)16-8-4-7-13/h5,13-14H,4,6-9H2,1-3H3. The zero-order valence-corrected chi connectivity index (χ0v) is 10.3. The van der Waals surface area contributed by atoms with Crippen LogP contribution < -0.4 is 0 Å². The molecule has 2 N–H and O–H groups in total. The first-order chi connectivity index (χ1) is 7.43. The van der Waals surface area contributed by atoms with Gasteiger partial charge in [-0.25, -0.2) is 4.79 Å². The molecule has 0 rings (SSSR count). The van der Waals surface area contributed by atoms with Crippen molar-refractivity contribution in [2.45, 2.75) is 33.6 Å². The van der Waals surface area contributed by atoms with Crippen LogP contribution in [0.5, 0.6) is 0 Å². The predicted molar refractivity (Wildman–Crippen MR) is 61.9 cm³/mol. The summed E-state index contributed by atoms with van der Waals surface area (Å²) in [6.45, 7) is 5.88. The summed E-state index contributed by atoms with van der Waals surface area (Å²) in [5.74, 6) is -0.359. The van der Waals surface area contributed by atoms with Crippen molar-refractivity contribution in [2.75, 3.05) is 19.8 Å². The summed E-state index contributed by atoms with van der Waals surface area (Å²) in [7, 11) is 0. The van der Waals surface area contributed by atoms with Gasteiger partial charge < -0.3 is 14.9 Å². The Bertz CT molecular complexity index is 243. The van der Waals surface area contributed by atoms with Gasteiger partial charge in [0.1, 0.15) is 0 Å². The Labute approximate surface area is 96.9 Å². The summed E-state index contributed by atoms with van der Waals surface area (Å²) in [5.41, 5.74) is 0.326. The number of aliphatic hydroxyl groups is 2. The summed E-state index contributed by atoms with van der Waals surface area (Å²) < 4.78 is 4.91. The van der Waals surface area contributed by atoms with Crippen LogP contribution in [-0.2, 0) is 9.53 Å². The van der Waals surface area contributed by atoms with Crippen LogP contribution in [0.1, 0.15) is 33.6 Å². The molecule has 0 aliphatic rings. The predicted octanol–water partition coefficient (Wildman–Crippen LogP) is 1.27. The molecule has 0 fully saturated rings. The molecule has 16 heavy (non-hydrogen) atoms. The summed E-state index contributed by atoms with van der Waals surface area (Å²) in [5, 5.41) is 17.6. The summed E-state index contributed by atoms with van der Waals surface area (Å²) in [6, 6.07) is 0. The van der Waals surface area contributed by atoms with Gasteiger partial charge in [0.05, 0.1) is 6.61 Å². The first-order valence-electron chi connectivity index (χ1n) is 5.48. The van der Waals surface area contributed by atoms with Gasteiger partial charge in [-0.1, -0.05) is 19.9 Å². The second-order valence-corrected chi connectivity index (χ2v) is 4.63. The largest absolute Gasteiger partial charge is 0.462 e. The fourth-order valence-electron chi connectivity index (χ4n) is 0.921. The van der Waals surface area contributed by atoms with Crippen molar-refractivity contribution in [3.63, 3.8) is 0 Å². The van der Waals surface area contributed by atoms with E-state index in [9.17, 15) is 4.79 Å². The van der Waals surface area contributed by atoms with E-state index in [-0.39, 0.29) is 31.2 Å². The minimum Gasteiger partial charge on any atom is -0.462 e. The van der Waals surface area contributed by atoms with Gasteiger partial charge in [-0.3, -0.25) is 0 Å². The highest BCUT2D eigenvalue weighted by atomic mass is 16.5. The number of rotatable bonds is 7. The monoisotopic (exact) mass is 230 g/mol. The molecule has 94 valence electrons. The van der Waals surface area contributed by atoms with Crippen LogP contribution in [0.25, 0.3) is 0 Å². The topological polar surface area (TPSA) is 66.8 Å². The van der Waals surface area contributed by atoms with Crippen LogP contribution in [-0.4, -0.2) is 36.0 Å². The molecule has 0 amide bonds. The van der Waals surface area contributed by atoms with Crippen molar-refractivity contribution >= 4 is 5.97 Å². The maximum Gasteiger partial charge on any atom is 0.333 e. The van der Waals surface area contributed by atoms with E-state index in [0.717, 1.165) is 0 Å². The van der Waals surface area contributed by atoms with Crippen molar-refractivity contribution in [3.05, 3.63) is 11.6 Å². The Kier molecular flexibility index (Phi) is 7.01. The molecule has 0 saturated carbocycles. The fourth-order valence-corrected chi connectivity index (χ4v) is 0.921. The summed E-state index contributed by atoms with van der Waals surface area (Å²) >= 11 is 0. The van der Waals surface area contributed by atoms with E-state index in [0.29, 0.717) is 18.4 Å². The maximum atomic E-state index is 11.4. The summed E-state index contributed by atoms with van der Waals surface area (Å²) in [4.78, 5) is 11.4. The highest BCUT2D eigenvalue weighted by molar-refractivity contribution is 5.87. The molecule has 0 atom stereocenters. The lowest BCUT2D eigenvalue weighted by Gasteiger charge is -2.19. The van der Waals surface area contributed by atoms with Gasteiger partial charge in [-0.2, -0.15) is 0 Å². The number of esters is 1. The second kappa shape index (κ2) is 7.41. The maximum absolute atomic E-state index is 11.4. The van der Waals surface area contributed by atoms with Crippen molar-refractivity contribution < 1.29 is 19.7 Å². The van der Waals surface area contributed by atoms with Crippen molar-refractivity contribution in [2.24, 2.45) is 5.41 Å². The van der Waals surface area contributed by atoms with Crippen LogP contribution >= 0.6 is 0 Å². The Hall–Kier alpha value is -0.870. The normalized spacial score (nSPS) is 12.7. The van der Waals surface area contributed by atoms with E-state index >= 15 is 0 Å². The fraction of sp³-hybridized carbons (Fsp3) is 0.750. The number of ether oxygens (including phenoxy) is 1. The van der Waals surface area contributed by atoms with Gasteiger partial charge >= 0.3 is 5.97 Å². The van der Waals surface area contributed by atoms with Gasteiger partial charge in [-0.15, -0.1) is 0 Å². The number of hydrogen-bond acceptors (Lipinski definition) is 4. The highest BCUT2D eigenvalue weighted by Crippen LogP contribution is 2.20. The lowest BCUT2D eigenvalue weighted by Crippen LogP contribution is -2.16. The van der Waals surface area contributed by atoms with E-state index < -0.39 is 0 Å². The molecule has 0 aromatic carbocycles. The Morgan fingerprint density at radius 3 is 2.50 bits per heavy atom. The van der Waals surface area contributed by atoms with Gasteiger partial charge in [-0.05, 0) is 18.8 Å². The first kappa shape index (κ1) is 15.1. The van der Waals surface area contributed by atoms with Crippen molar-refractivity contribution in [3.8, 4) is 0 Å². The third kappa shape index (κ3) is 6.58. The number of aliphatic hydroxyl groups excluding tert-OH is 2. The molecule has 4 heteroatoms. The second-order valence-electron chi connectivity index (χ2n) is 4.63. The van der Waals surface area contributed by atoms with Crippen molar-refractivity contribution in [1.82, 2.24) is 0 Å². The molecule has 0 bridgehead atoms. The zero-order valence-electron chi connectivity index (χ0n) is 10.3. The van der Waals surface area contributed by atoms with E-state index in [1.165, 1.54) is 0 Å². The average Bonchev–Trinajstić information content (AvgIpc) is 2.26. The molecular formula is C12H22O4. The molecular weight excluding hydrogens is 208 g/mol. The lowest BCUT2D eigenvalue weighted by molar-refractivity contribution is -0.139. The van der Waals surface area contributed by atoms with E-state index in [1.54, 1.807) is 13.0 Å². The SMILES string of the molecule is CC(=CCC(C)(C)CO)C(=O)OCCCO. The molecule has 4 nitrogen and oxygen atoms in total. The minimum atomic E-state index is -0.359. The Balaban J connectivity index is 4.07. The van der Waals surface area contributed by atoms with Gasteiger partial charge in [0, 0.05) is 25.2 Å². The number of carbonyl (C=O) groups excluding carboxylic acids is 1. The minimum absolute atomic E-state index is 0.0214. The van der Waals surface area contributed by atoms with Gasteiger partial charge in [0.25, 0.3) is 0 Å². The molecule has 0 saturated heterocycles. The van der Waals surface area contributed by atoms with Crippen LogP contribution in [0, 0.1) is 5.41 Å². The molecule has 0 aromatic rings. The Morgan fingerprint density at radius 1 is 1.38 bits per heavy atom. The highest BCUT2D eigenvalue weighted by Gasteiger charge is 2.15. The average molecular weight is 230 g/mol. The molecule has 0 spiro atoms. The van der Waals surface area contributed by atoms with Gasteiger partial charge in [0.15, 0.2) is 0 Å². The Morgan fingerprint density at radius 2 is 2.00 bits per heavy atom. The smallest absolute Gasteiger partial charge is 0.333 e. The van der Waals surface area contributed by atoms with Crippen LogP contribution in [0.4, 0.5) is 0 Å². The van der Waals surface area contributed by atoms with Crippen LogP contribution in [0.15, 0.2) is 11.6 Å². The number of allylic oxidation sites excluding steroid dienone is 1. The zero-order chi connectivity index (χ0) is 12.6. The number of carbonyl (C=O) groups is 1. The molecule has 0 aromatic heterocycles. The first-order valence-corrected chi connectivity index (χ1v) is 5.48. The molecule has 0 radical (unpaired) electrons. The third-order valence-electron chi connectivity index (χ3n) is 2.25. The van der Waals surface area contributed by atoms with Crippen LogP contribution in [0.3, 0.4) is 0 Å². The van der Waals surface area contributed by atoms with Crippen LogP contribution in [0.2, 0.25) is 0 Å². The lowest BCUT2D eigenvalue weighted by atomic mass is 9.90. The quantitative estimate of drug-likeness (QED) is 0.392. The summed E-state index contributed by atoms with van der Waals surface area (Å²) in [6.07, 6.45) is 2.86. The van der Waals surface area contributed by atoms with E-state index in [2.05, 4.69) is 0 Å². The van der Waals surface area contributed by atoms with E-state index in [1.807, 2.05) is 13.8 Å². The van der Waals surface area contributed by atoms with E-state index in [4.69, 9.17) is 14.9 Å². The van der Waals surface area contributed by atoms with Gasteiger partial charge in [0.2, 0.25) is 0 Å². The molecule has 0 heterocycles. The third-order valence-corrected chi connectivity index (χ3v) is 2.25. The molecule has 0 aliphatic heterocycles. The molecule has 0 unspecified atom stereocenters. The van der Waals surface area contributed by atoms with Crippen molar-refractivity contribution in [1.29, 1.82) is 0 Å². The molecule has 0 aliphatic carbocycles. The number of hydrogen-bond donors (Lipinski definition) is 2.